The topological polar surface area (TPSA) is 57.3 Å². The summed E-state index contributed by atoms with van der Waals surface area (Å²) in [5.41, 5.74) is 3.97. The molecule has 148 valence electrons. The van der Waals surface area contributed by atoms with Gasteiger partial charge in [0.15, 0.2) is 0 Å². The van der Waals surface area contributed by atoms with E-state index in [1.165, 1.54) is 17.5 Å². The van der Waals surface area contributed by atoms with Crippen LogP contribution in [0.4, 0.5) is 4.79 Å². The number of pyridine rings is 1. The highest BCUT2D eigenvalue weighted by atomic mass is 16.2. The quantitative estimate of drug-likeness (QED) is 0.838. The minimum absolute atomic E-state index is 0.0220. The fraction of sp³-hybridized carbons (Fsp3) is 0.478. The van der Waals surface area contributed by atoms with Crippen molar-refractivity contribution in [3.63, 3.8) is 0 Å². The number of hydrogen-bond acceptors (Lipinski definition) is 3. The molecule has 1 aliphatic carbocycles. The molecule has 28 heavy (non-hydrogen) atoms. The molecule has 1 aromatic heterocycles. The van der Waals surface area contributed by atoms with Crippen molar-refractivity contribution < 1.29 is 4.79 Å². The number of nitrogens with zero attached hydrogens (tertiary/aromatic N) is 2. The van der Waals surface area contributed by atoms with E-state index in [9.17, 15) is 4.79 Å². The Hall–Kier alpha value is -2.40. The summed E-state index contributed by atoms with van der Waals surface area (Å²) in [5, 5.41) is 6.29. The van der Waals surface area contributed by atoms with E-state index in [0.29, 0.717) is 5.92 Å². The molecule has 1 fully saturated rings. The first-order valence-electron chi connectivity index (χ1n) is 10.5. The summed E-state index contributed by atoms with van der Waals surface area (Å²) in [6.07, 6.45) is 7.36. The molecular formula is C23H30N4O. The predicted molar refractivity (Wildman–Crippen MR) is 111 cm³/mol. The largest absolute Gasteiger partial charge is 0.338 e. The van der Waals surface area contributed by atoms with Crippen molar-refractivity contribution in [3.05, 3.63) is 65.5 Å². The van der Waals surface area contributed by atoms with Crippen LogP contribution in [0, 0.1) is 0 Å². The molecule has 1 saturated heterocycles. The number of rotatable bonds is 5. The summed E-state index contributed by atoms with van der Waals surface area (Å²) in [7, 11) is 0. The lowest BCUT2D eigenvalue weighted by Crippen LogP contribution is -2.48. The van der Waals surface area contributed by atoms with Crippen LogP contribution in [-0.2, 0) is 13.0 Å². The Morgan fingerprint density at radius 3 is 2.71 bits per heavy atom. The van der Waals surface area contributed by atoms with Gasteiger partial charge in [-0.05, 0) is 55.4 Å². The molecule has 0 spiro atoms. The average molecular weight is 379 g/mol. The number of carbonyl (C=O) groups is 1. The number of nitrogens with one attached hydrogen (secondary N) is 2. The summed E-state index contributed by atoms with van der Waals surface area (Å²) in [4.78, 5) is 19.2. The first-order valence-corrected chi connectivity index (χ1v) is 10.5. The van der Waals surface area contributed by atoms with E-state index < -0.39 is 0 Å². The first-order chi connectivity index (χ1) is 13.8. The molecule has 2 N–H and O–H groups in total. The number of hydrogen-bond donors (Lipinski definition) is 2. The van der Waals surface area contributed by atoms with Gasteiger partial charge in [0.05, 0.1) is 5.69 Å². The molecule has 0 bridgehead atoms. The average Bonchev–Trinajstić information content (AvgIpc) is 2.74. The molecular weight excluding hydrogens is 348 g/mol. The van der Waals surface area contributed by atoms with Gasteiger partial charge in [0.2, 0.25) is 0 Å². The summed E-state index contributed by atoms with van der Waals surface area (Å²) < 4.78 is 0. The fourth-order valence-corrected chi connectivity index (χ4v) is 4.48. The monoisotopic (exact) mass is 378 g/mol. The summed E-state index contributed by atoms with van der Waals surface area (Å²) in [6, 6.07) is 15.0. The van der Waals surface area contributed by atoms with Crippen molar-refractivity contribution >= 4 is 6.03 Å². The number of aromatic nitrogens is 1. The van der Waals surface area contributed by atoms with Crippen molar-refractivity contribution in [1.82, 2.24) is 20.5 Å². The predicted octanol–water partition coefficient (Wildman–Crippen LogP) is 3.47. The number of carbonyl (C=O) groups excluding carboxylic acids is 1. The van der Waals surface area contributed by atoms with Crippen LogP contribution in [0.2, 0.25) is 0 Å². The van der Waals surface area contributed by atoms with Crippen molar-refractivity contribution in [2.75, 3.05) is 19.6 Å². The fourth-order valence-electron chi connectivity index (χ4n) is 4.48. The molecule has 4 rings (SSSR count). The highest BCUT2D eigenvalue weighted by Crippen LogP contribution is 2.30. The molecule has 2 aliphatic rings. The summed E-state index contributed by atoms with van der Waals surface area (Å²) >= 11 is 0. The van der Waals surface area contributed by atoms with Gasteiger partial charge in [0.1, 0.15) is 0 Å². The van der Waals surface area contributed by atoms with Gasteiger partial charge in [-0.15, -0.1) is 0 Å². The maximum absolute atomic E-state index is 12.4. The minimum atomic E-state index is -0.0220. The lowest BCUT2D eigenvalue weighted by molar-refractivity contribution is 0.185. The molecule has 0 saturated carbocycles. The van der Waals surface area contributed by atoms with Gasteiger partial charge in [-0.2, -0.15) is 0 Å². The maximum atomic E-state index is 12.4. The Balaban J connectivity index is 1.19. The number of piperidine rings is 1. The van der Waals surface area contributed by atoms with Gasteiger partial charge in [-0.25, -0.2) is 4.79 Å². The van der Waals surface area contributed by atoms with E-state index in [2.05, 4.69) is 50.8 Å². The van der Waals surface area contributed by atoms with Crippen molar-refractivity contribution in [3.8, 4) is 0 Å². The van der Waals surface area contributed by atoms with Crippen LogP contribution in [0.1, 0.15) is 48.4 Å². The van der Waals surface area contributed by atoms with Crippen molar-refractivity contribution in [1.29, 1.82) is 0 Å². The minimum Gasteiger partial charge on any atom is -0.338 e. The lowest BCUT2D eigenvalue weighted by Gasteiger charge is -2.32. The highest BCUT2D eigenvalue weighted by Gasteiger charge is 2.23. The van der Waals surface area contributed by atoms with Crippen molar-refractivity contribution in [2.24, 2.45) is 0 Å². The zero-order valence-corrected chi connectivity index (χ0v) is 16.4. The Morgan fingerprint density at radius 2 is 1.89 bits per heavy atom. The lowest BCUT2D eigenvalue weighted by atomic mass is 9.83. The molecule has 0 unspecified atom stereocenters. The Labute approximate surface area is 167 Å². The maximum Gasteiger partial charge on any atom is 0.315 e. The Bertz CT molecular complexity index is 771. The Kier molecular flexibility index (Phi) is 6.22. The van der Waals surface area contributed by atoms with Crippen LogP contribution in [0.15, 0.2) is 48.7 Å². The van der Waals surface area contributed by atoms with Crippen molar-refractivity contribution in [2.45, 2.75) is 50.6 Å². The van der Waals surface area contributed by atoms with E-state index in [-0.39, 0.29) is 12.1 Å². The third kappa shape index (κ3) is 4.90. The van der Waals surface area contributed by atoms with Crippen LogP contribution >= 0.6 is 0 Å². The van der Waals surface area contributed by atoms with Crippen LogP contribution in [0.5, 0.6) is 0 Å². The van der Waals surface area contributed by atoms with Crippen LogP contribution in [-0.4, -0.2) is 41.6 Å². The normalized spacial score (nSPS) is 20.4. The second-order valence-electron chi connectivity index (χ2n) is 8.01. The molecule has 2 heterocycles. The number of fused-ring (bicyclic) bond motifs is 1. The molecule has 1 atom stereocenters. The number of amides is 2. The van der Waals surface area contributed by atoms with Crippen LogP contribution in [0.3, 0.4) is 0 Å². The van der Waals surface area contributed by atoms with E-state index in [0.717, 1.165) is 57.6 Å². The summed E-state index contributed by atoms with van der Waals surface area (Å²) in [6.45, 7) is 3.61. The second-order valence-corrected chi connectivity index (χ2v) is 8.01. The standard InChI is InChI=1S/C23H30N4O/c28-23(25-16-19-8-5-7-18-6-1-2-10-22(18)19)26-20-11-14-27(15-12-20)17-21-9-3-4-13-24-21/h1-4,6,9-10,13,19-20H,5,7-8,11-12,14-17H2,(H2,25,26,28)/t19-/m0/s1. The molecule has 2 aromatic rings. The smallest absolute Gasteiger partial charge is 0.315 e. The van der Waals surface area contributed by atoms with Gasteiger partial charge >= 0.3 is 6.03 Å². The zero-order chi connectivity index (χ0) is 19.2. The SMILES string of the molecule is O=C(NC[C@@H]1CCCc2ccccc21)NC1CCN(Cc2ccccn2)CC1. The van der Waals surface area contributed by atoms with E-state index in [1.54, 1.807) is 0 Å². The third-order valence-corrected chi connectivity index (χ3v) is 6.04. The Morgan fingerprint density at radius 1 is 1.07 bits per heavy atom. The molecule has 5 heteroatoms. The van der Waals surface area contributed by atoms with E-state index in [4.69, 9.17) is 0 Å². The molecule has 2 amide bonds. The highest BCUT2D eigenvalue weighted by molar-refractivity contribution is 5.74. The second kappa shape index (κ2) is 9.20. The zero-order valence-electron chi connectivity index (χ0n) is 16.4. The third-order valence-electron chi connectivity index (χ3n) is 6.04. The molecule has 1 aliphatic heterocycles. The number of likely N-dealkylation sites (tertiary alicyclic amines) is 1. The summed E-state index contributed by atoms with van der Waals surface area (Å²) in [5.74, 6) is 0.441. The van der Waals surface area contributed by atoms with Gasteiger partial charge in [0, 0.05) is 44.3 Å². The van der Waals surface area contributed by atoms with Gasteiger partial charge in [-0.1, -0.05) is 30.3 Å². The van der Waals surface area contributed by atoms with Crippen LogP contribution < -0.4 is 10.6 Å². The van der Waals surface area contributed by atoms with E-state index >= 15 is 0 Å². The number of aryl methyl sites for hydroxylation is 1. The number of urea groups is 1. The number of benzene rings is 1. The molecule has 5 nitrogen and oxygen atoms in total. The molecule has 1 aromatic carbocycles. The first kappa shape index (κ1) is 18.9. The van der Waals surface area contributed by atoms with Gasteiger partial charge < -0.3 is 10.6 Å². The van der Waals surface area contributed by atoms with Gasteiger partial charge in [0.25, 0.3) is 0 Å². The molecule has 0 radical (unpaired) electrons. The van der Waals surface area contributed by atoms with Crippen LogP contribution in [0.25, 0.3) is 0 Å². The van der Waals surface area contributed by atoms with Gasteiger partial charge in [-0.3, -0.25) is 9.88 Å². The van der Waals surface area contributed by atoms with E-state index in [1.807, 2.05) is 18.3 Å².